The van der Waals surface area contributed by atoms with Crippen LogP contribution in [0.15, 0.2) is 43.0 Å². The van der Waals surface area contributed by atoms with Crippen LogP contribution in [0.25, 0.3) is 0 Å². The summed E-state index contributed by atoms with van der Waals surface area (Å²) in [5, 5.41) is 9.51. The van der Waals surface area contributed by atoms with Crippen LogP contribution in [0, 0.1) is 0 Å². The second kappa shape index (κ2) is 4.57. The first-order valence-electron chi connectivity index (χ1n) is 4.94. The molecule has 1 aromatic carbocycles. The Balaban J connectivity index is 2.09. The van der Waals surface area contributed by atoms with E-state index in [-0.39, 0.29) is 12.7 Å². The maximum absolute atomic E-state index is 9.51. The van der Waals surface area contributed by atoms with E-state index >= 15 is 0 Å². The fourth-order valence-electron chi connectivity index (χ4n) is 1.55. The lowest BCUT2D eigenvalue weighted by molar-refractivity contribution is -0.243. The van der Waals surface area contributed by atoms with E-state index in [1.807, 2.05) is 30.3 Å². The Morgan fingerprint density at radius 2 is 2.07 bits per heavy atom. The Hall–Kier alpha value is -1.16. The molecule has 1 aliphatic rings. The van der Waals surface area contributed by atoms with E-state index in [0.29, 0.717) is 0 Å². The molecule has 15 heavy (non-hydrogen) atoms. The molecule has 1 fully saturated rings. The molecule has 0 aliphatic carbocycles. The number of rotatable bonds is 2. The molecule has 0 radical (unpaired) electrons. The summed E-state index contributed by atoms with van der Waals surface area (Å²) in [4.78, 5) is 0. The zero-order chi connectivity index (χ0) is 10.7. The molecule has 3 heteroatoms. The topological polar surface area (TPSA) is 38.7 Å². The van der Waals surface area contributed by atoms with Crippen LogP contribution < -0.4 is 0 Å². The summed E-state index contributed by atoms with van der Waals surface area (Å²) < 4.78 is 10.9. The van der Waals surface area contributed by atoms with E-state index < -0.39 is 12.4 Å². The van der Waals surface area contributed by atoms with Crippen molar-refractivity contribution in [2.45, 2.75) is 18.5 Å². The highest BCUT2D eigenvalue weighted by Crippen LogP contribution is 2.26. The van der Waals surface area contributed by atoms with Crippen LogP contribution >= 0.6 is 0 Å². The first kappa shape index (κ1) is 10.4. The van der Waals surface area contributed by atoms with E-state index in [1.165, 1.54) is 0 Å². The standard InChI is InChI=1S/C12H14O3/c1-2-11-10(13)8-14-12(15-11)9-6-4-3-5-7-9/h2-7,10-13H,1,8H2/t10-,11+,12+/m1/s1. The molecule has 0 bridgehead atoms. The second-order valence-electron chi connectivity index (χ2n) is 3.48. The highest BCUT2D eigenvalue weighted by atomic mass is 16.7. The molecule has 0 amide bonds. The molecule has 0 aromatic heterocycles. The largest absolute Gasteiger partial charge is 0.388 e. The minimum Gasteiger partial charge on any atom is -0.388 e. The second-order valence-corrected chi connectivity index (χ2v) is 3.48. The monoisotopic (exact) mass is 206 g/mol. The lowest BCUT2D eigenvalue weighted by atomic mass is 10.1. The van der Waals surface area contributed by atoms with Crippen molar-refractivity contribution >= 4 is 0 Å². The van der Waals surface area contributed by atoms with Crippen LogP contribution in [-0.4, -0.2) is 23.9 Å². The highest BCUT2D eigenvalue weighted by molar-refractivity contribution is 5.16. The van der Waals surface area contributed by atoms with Crippen LogP contribution in [0.4, 0.5) is 0 Å². The van der Waals surface area contributed by atoms with Crippen molar-refractivity contribution in [2.24, 2.45) is 0 Å². The number of aliphatic hydroxyl groups excluding tert-OH is 1. The number of aliphatic hydroxyl groups is 1. The van der Waals surface area contributed by atoms with E-state index in [9.17, 15) is 5.11 Å². The molecule has 0 saturated carbocycles. The maximum atomic E-state index is 9.51. The minimum atomic E-state index is -0.623. The molecule has 80 valence electrons. The average Bonchev–Trinajstić information content (AvgIpc) is 2.31. The Kier molecular flexibility index (Phi) is 3.16. The number of hydrogen-bond donors (Lipinski definition) is 1. The van der Waals surface area contributed by atoms with Crippen LogP contribution in [-0.2, 0) is 9.47 Å². The normalized spacial score (nSPS) is 31.1. The van der Waals surface area contributed by atoms with Crippen LogP contribution in [0.3, 0.4) is 0 Å². The van der Waals surface area contributed by atoms with Gasteiger partial charge in [-0.2, -0.15) is 0 Å². The molecule has 0 unspecified atom stereocenters. The number of hydrogen-bond acceptors (Lipinski definition) is 3. The average molecular weight is 206 g/mol. The summed E-state index contributed by atoms with van der Waals surface area (Å²) in [6.07, 6.45) is 0.215. The number of ether oxygens (including phenoxy) is 2. The summed E-state index contributed by atoms with van der Waals surface area (Å²) in [7, 11) is 0. The fraction of sp³-hybridized carbons (Fsp3) is 0.333. The van der Waals surface area contributed by atoms with E-state index in [0.717, 1.165) is 5.56 Å². The summed E-state index contributed by atoms with van der Waals surface area (Å²) in [6.45, 7) is 3.90. The molecule has 2 rings (SSSR count). The van der Waals surface area contributed by atoms with Crippen molar-refractivity contribution in [1.82, 2.24) is 0 Å². The first-order valence-corrected chi connectivity index (χ1v) is 4.94. The van der Waals surface area contributed by atoms with Crippen molar-refractivity contribution in [2.75, 3.05) is 6.61 Å². The molecule has 1 aliphatic heterocycles. The van der Waals surface area contributed by atoms with Gasteiger partial charge >= 0.3 is 0 Å². The van der Waals surface area contributed by atoms with Gasteiger partial charge in [-0.05, 0) is 0 Å². The van der Waals surface area contributed by atoms with E-state index in [4.69, 9.17) is 9.47 Å². The smallest absolute Gasteiger partial charge is 0.184 e. The molecule has 1 N–H and O–H groups in total. The summed E-state index contributed by atoms with van der Waals surface area (Å²) in [6, 6.07) is 9.66. The zero-order valence-corrected chi connectivity index (χ0v) is 8.37. The van der Waals surface area contributed by atoms with Gasteiger partial charge in [-0.25, -0.2) is 0 Å². The van der Waals surface area contributed by atoms with Crippen molar-refractivity contribution in [3.8, 4) is 0 Å². The highest BCUT2D eigenvalue weighted by Gasteiger charge is 2.29. The molecule has 3 atom stereocenters. The van der Waals surface area contributed by atoms with Gasteiger partial charge in [0.05, 0.1) is 6.61 Å². The van der Waals surface area contributed by atoms with Gasteiger partial charge in [0.25, 0.3) is 0 Å². The molecule has 0 spiro atoms. The van der Waals surface area contributed by atoms with E-state index in [1.54, 1.807) is 6.08 Å². The van der Waals surface area contributed by atoms with Crippen molar-refractivity contribution in [1.29, 1.82) is 0 Å². The van der Waals surface area contributed by atoms with Crippen molar-refractivity contribution in [3.63, 3.8) is 0 Å². The summed E-state index contributed by atoms with van der Waals surface area (Å²) in [5.41, 5.74) is 0.955. The predicted octanol–water partition coefficient (Wildman–Crippen LogP) is 1.65. The van der Waals surface area contributed by atoms with Gasteiger partial charge in [0.15, 0.2) is 6.29 Å². The third-order valence-electron chi connectivity index (χ3n) is 2.38. The van der Waals surface area contributed by atoms with Gasteiger partial charge in [0.2, 0.25) is 0 Å². The lowest BCUT2D eigenvalue weighted by Crippen LogP contribution is -2.38. The zero-order valence-electron chi connectivity index (χ0n) is 8.37. The van der Waals surface area contributed by atoms with Gasteiger partial charge in [-0.1, -0.05) is 36.4 Å². The number of benzene rings is 1. The van der Waals surface area contributed by atoms with Crippen molar-refractivity contribution < 1.29 is 14.6 Å². The van der Waals surface area contributed by atoms with Gasteiger partial charge in [0.1, 0.15) is 12.2 Å². The van der Waals surface area contributed by atoms with Gasteiger partial charge in [-0.3, -0.25) is 0 Å². The van der Waals surface area contributed by atoms with Gasteiger partial charge in [0, 0.05) is 5.56 Å². The third kappa shape index (κ3) is 2.26. The summed E-state index contributed by atoms with van der Waals surface area (Å²) >= 11 is 0. The molecule has 1 heterocycles. The lowest BCUT2D eigenvalue weighted by Gasteiger charge is -2.32. The molecular weight excluding hydrogens is 192 g/mol. The Morgan fingerprint density at radius 1 is 1.33 bits per heavy atom. The molecule has 1 aromatic rings. The summed E-state index contributed by atoms with van der Waals surface area (Å²) in [5.74, 6) is 0. The molecule has 1 saturated heterocycles. The third-order valence-corrected chi connectivity index (χ3v) is 2.38. The van der Waals surface area contributed by atoms with E-state index in [2.05, 4.69) is 6.58 Å². The maximum Gasteiger partial charge on any atom is 0.184 e. The SMILES string of the molecule is C=C[C@@H]1O[C@@H](c2ccccc2)OC[C@H]1O. The predicted molar refractivity (Wildman–Crippen MR) is 56.2 cm³/mol. The van der Waals surface area contributed by atoms with Gasteiger partial charge < -0.3 is 14.6 Å². The quantitative estimate of drug-likeness (QED) is 0.748. The van der Waals surface area contributed by atoms with Crippen molar-refractivity contribution in [3.05, 3.63) is 48.6 Å². The van der Waals surface area contributed by atoms with Crippen LogP contribution in [0.1, 0.15) is 11.9 Å². The minimum absolute atomic E-state index is 0.274. The van der Waals surface area contributed by atoms with Gasteiger partial charge in [-0.15, -0.1) is 6.58 Å². The molecule has 3 nitrogen and oxygen atoms in total. The van der Waals surface area contributed by atoms with Crippen LogP contribution in [0.5, 0.6) is 0 Å². The Labute approximate surface area is 88.9 Å². The Bertz CT molecular complexity index is 323. The fourth-order valence-corrected chi connectivity index (χ4v) is 1.55. The molecular formula is C12H14O3. The first-order chi connectivity index (χ1) is 7.31. The van der Waals surface area contributed by atoms with Crippen LogP contribution in [0.2, 0.25) is 0 Å². The Morgan fingerprint density at radius 3 is 2.73 bits per heavy atom.